The van der Waals surface area contributed by atoms with Gasteiger partial charge in [-0.2, -0.15) is 0 Å². The molecule has 2 aliphatic rings. The van der Waals surface area contributed by atoms with Crippen molar-refractivity contribution in [2.45, 2.75) is 90.3 Å². The van der Waals surface area contributed by atoms with Crippen molar-refractivity contribution in [2.24, 2.45) is 5.92 Å². The van der Waals surface area contributed by atoms with E-state index in [0.29, 0.717) is 5.54 Å². The maximum Gasteiger partial charge on any atom is 0.0156 e. The first-order valence-corrected chi connectivity index (χ1v) is 7.38. The standard InChI is InChI=1S/C15H29N/c1-5-13-11-12-9-7-8-10-14(12)16(13)15(3,4)6-2/h12-14H,5-11H2,1-4H3/t12-,13+,14-/m0/s1. The summed E-state index contributed by atoms with van der Waals surface area (Å²) in [5, 5.41) is 0. The molecule has 0 unspecified atom stereocenters. The first kappa shape index (κ1) is 12.4. The van der Waals surface area contributed by atoms with E-state index in [4.69, 9.17) is 0 Å². The first-order valence-electron chi connectivity index (χ1n) is 7.38. The largest absolute Gasteiger partial charge is 0.292 e. The van der Waals surface area contributed by atoms with Gasteiger partial charge in [0.15, 0.2) is 0 Å². The van der Waals surface area contributed by atoms with E-state index in [2.05, 4.69) is 32.6 Å². The summed E-state index contributed by atoms with van der Waals surface area (Å²) in [7, 11) is 0. The molecule has 0 aromatic carbocycles. The van der Waals surface area contributed by atoms with Crippen LogP contribution in [0.4, 0.5) is 0 Å². The molecule has 0 N–H and O–H groups in total. The number of hydrogen-bond donors (Lipinski definition) is 0. The highest BCUT2D eigenvalue weighted by molar-refractivity contribution is 5.00. The quantitative estimate of drug-likeness (QED) is 0.692. The van der Waals surface area contributed by atoms with Gasteiger partial charge in [0.05, 0.1) is 0 Å². The van der Waals surface area contributed by atoms with Crippen LogP contribution in [-0.4, -0.2) is 22.5 Å². The molecule has 1 aliphatic heterocycles. The Morgan fingerprint density at radius 3 is 2.44 bits per heavy atom. The summed E-state index contributed by atoms with van der Waals surface area (Å²) in [5.74, 6) is 1.02. The zero-order valence-corrected chi connectivity index (χ0v) is 11.6. The zero-order valence-electron chi connectivity index (χ0n) is 11.6. The Hall–Kier alpha value is -0.0400. The lowest BCUT2D eigenvalue weighted by Crippen LogP contribution is -2.51. The van der Waals surface area contributed by atoms with Gasteiger partial charge in [-0.3, -0.25) is 4.90 Å². The molecule has 2 fully saturated rings. The maximum absolute atomic E-state index is 2.90. The van der Waals surface area contributed by atoms with Crippen molar-refractivity contribution >= 4 is 0 Å². The minimum Gasteiger partial charge on any atom is -0.292 e. The Bertz CT molecular complexity index is 234. The van der Waals surface area contributed by atoms with E-state index in [1.807, 2.05) is 0 Å². The minimum absolute atomic E-state index is 0.414. The normalized spacial score (nSPS) is 36.4. The molecule has 1 nitrogen and oxygen atoms in total. The monoisotopic (exact) mass is 223 g/mol. The van der Waals surface area contributed by atoms with Gasteiger partial charge in [-0.25, -0.2) is 0 Å². The van der Waals surface area contributed by atoms with Crippen LogP contribution >= 0.6 is 0 Å². The smallest absolute Gasteiger partial charge is 0.0156 e. The van der Waals surface area contributed by atoms with Crippen LogP contribution < -0.4 is 0 Å². The van der Waals surface area contributed by atoms with Crippen LogP contribution in [0.15, 0.2) is 0 Å². The second kappa shape index (κ2) is 4.68. The summed E-state index contributed by atoms with van der Waals surface area (Å²) in [6.45, 7) is 9.63. The summed E-state index contributed by atoms with van der Waals surface area (Å²) in [6.07, 6.45) is 10.0. The Balaban J connectivity index is 2.18. The number of rotatable bonds is 3. The van der Waals surface area contributed by atoms with Gasteiger partial charge in [-0.05, 0) is 51.9 Å². The fourth-order valence-electron chi connectivity index (χ4n) is 4.05. The lowest BCUT2D eigenvalue weighted by molar-refractivity contribution is 0.0384. The van der Waals surface area contributed by atoms with Crippen LogP contribution in [0.2, 0.25) is 0 Å². The fraction of sp³-hybridized carbons (Fsp3) is 1.00. The Morgan fingerprint density at radius 2 is 1.81 bits per heavy atom. The molecule has 2 rings (SSSR count). The summed E-state index contributed by atoms with van der Waals surface area (Å²) in [5.41, 5.74) is 0.414. The molecule has 1 heteroatoms. The molecule has 0 amide bonds. The van der Waals surface area contributed by atoms with Crippen molar-refractivity contribution in [1.82, 2.24) is 4.90 Å². The number of likely N-dealkylation sites (tertiary alicyclic amines) is 1. The van der Waals surface area contributed by atoms with Crippen LogP contribution in [0.1, 0.15) is 72.6 Å². The van der Waals surface area contributed by atoms with Crippen LogP contribution in [0.25, 0.3) is 0 Å². The molecule has 1 saturated heterocycles. The predicted octanol–water partition coefficient (Wildman–Crippen LogP) is 4.22. The fourth-order valence-corrected chi connectivity index (χ4v) is 4.05. The predicted molar refractivity (Wildman–Crippen MR) is 70.7 cm³/mol. The minimum atomic E-state index is 0.414. The summed E-state index contributed by atoms with van der Waals surface area (Å²) < 4.78 is 0. The Morgan fingerprint density at radius 1 is 1.12 bits per heavy atom. The van der Waals surface area contributed by atoms with Crippen molar-refractivity contribution < 1.29 is 0 Å². The molecule has 0 radical (unpaired) electrons. The van der Waals surface area contributed by atoms with E-state index in [9.17, 15) is 0 Å². The molecule has 0 bridgehead atoms. The molecule has 16 heavy (non-hydrogen) atoms. The third kappa shape index (κ3) is 2.03. The molecule has 1 aliphatic carbocycles. The lowest BCUT2D eigenvalue weighted by Gasteiger charge is -2.45. The van der Waals surface area contributed by atoms with E-state index in [1.54, 1.807) is 0 Å². The van der Waals surface area contributed by atoms with Gasteiger partial charge in [0.1, 0.15) is 0 Å². The first-order chi connectivity index (χ1) is 7.60. The molecule has 1 saturated carbocycles. The second-order valence-corrected chi connectivity index (χ2v) is 6.48. The third-order valence-corrected chi connectivity index (χ3v) is 5.23. The van der Waals surface area contributed by atoms with E-state index in [0.717, 1.165) is 18.0 Å². The van der Waals surface area contributed by atoms with Crippen molar-refractivity contribution in [3.63, 3.8) is 0 Å². The van der Waals surface area contributed by atoms with E-state index in [1.165, 1.54) is 44.9 Å². The lowest BCUT2D eigenvalue weighted by atomic mass is 9.83. The third-order valence-electron chi connectivity index (χ3n) is 5.23. The molecular formula is C15H29N. The number of fused-ring (bicyclic) bond motifs is 1. The van der Waals surface area contributed by atoms with Gasteiger partial charge in [-0.15, -0.1) is 0 Å². The van der Waals surface area contributed by atoms with Crippen LogP contribution in [-0.2, 0) is 0 Å². The van der Waals surface area contributed by atoms with Crippen molar-refractivity contribution in [3.05, 3.63) is 0 Å². The van der Waals surface area contributed by atoms with Crippen LogP contribution in [0, 0.1) is 5.92 Å². The van der Waals surface area contributed by atoms with Crippen molar-refractivity contribution in [2.75, 3.05) is 0 Å². The van der Waals surface area contributed by atoms with Gasteiger partial charge in [0.2, 0.25) is 0 Å². The highest BCUT2D eigenvalue weighted by atomic mass is 15.3. The molecule has 94 valence electrons. The summed E-state index contributed by atoms with van der Waals surface area (Å²) in [6, 6.07) is 1.77. The number of nitrogens with zero attached hydrogens (tertiary/aromatic N) is 1. The van der Waals surface area contributed by atoms with Gasteiger partial charge >= 0.3 is 0 Å². The van der Waals surface area contributed by atoms with E-state index >= 15 is 0 Å². The highest BCUT2D eigenvalue weighted by Gasteiger charge is 2.46. The van der Waals surface area contributed by atoms with Crippen molar-refractivity contribution in [3.8, 4) is 0 Å². The molecule has 3 atom stereocenters. The average Bonchev–Trinajstić information content (AvgIpc) is 2.67. The molecule has 0 aromatic heterocycles. The molecular weight excluding hydrogens is 194 g/mol. The molecule has 0 spiro atoms. The van der Waals surface area contributed by atoms with Gasteiger partial charge < -0.3 is 0 Å². The summed E-state index contributed by atoms with van der Waals surface area (Å²) in [4.78, 5) is 2.90. The highest BCUT2D eigenvalue weighted by Crippen LogP contribution is 2.44. The van der Waals surface area contributed by atoms with E-state index in [-0.39, 0.29) is 0 Å². The van der Waals surface area contributed by atoms with E-state index < -0.39 is 0 Å². The SMILES string of the molecule is CC[C@@H]1C[C@@H]2CCCC[C@@H]2N1C(C)(C)CC. The van der Waals surface area contributed by atoms with Gasteiger partial charge in [0.25, 0.3) is 0 Å². The van der Waals surface area contributed by atoms with Gasteiger partial charge in [-0.1, -0.05) is 26.7 Å². The molecule has 0 aromatic rings. The van der Waals surface area contributed by atoms with Crippen molar-refractivity contribution in [1.29, 1.82) is 0 Å². The maximum atomic E-state index is 2.90. The van der Waals surface area contributed by atoms with Gasteiger partial charge in [0, 0.05) is 17.6 Å². The topological polar surface area (TPSA) is 3.24 Å². The second-order valence-electron chi connectivity index (χ2n) is 6.48. The van der Waals surface area contributed by atoms with Crippen LogP contribution in [0.3, 0.4) is 0 Å². The Kier molecular flexibility index (Phi) is 3.63. The summed E-state index contributed by atoms with van der Waals surface area (Å²) >= 11 is 0. The average molecular weight is 223 g/mol. The molecule has 1 heterocycles. The number of hydrogen-bond acceptors (Lipinski definition) is 1. The Labute approximate surface area is 102 Å². The zero-order chi connectivity index (χ0) is 11.8. The van der Waals surface area contributed by atoms with Crippen LogP contribution in [0.5, 0.6) is 0 Å².